The summed E-state index contributed by atoms with van der Waals surface area (Å²) in [6.45, 7) is 0.0791. The standard InChI is InChI=1S/C20H15N5O3S.H2O/c21-10-15-18(13-4-2-1-3-5-13)16(11-22)20(24-19(15)23-8-9-26)29-12-14-6-7-17(25-27)28-14;/h1-7,26H,8-9,12H2,(H,23,24);1H2. The molecule has 0 atom stereocenters. The molecule has 0 spiro atoms. The highest BCUT2D eigenvalue weighted by molar-refractivity contribution is 7.98. The van der Waals surface area contributed by atoms with Gasteiger partial charge in [0.05, 0.1) is 29.2 Å². The molecule has 0 bridgehead atoms. The number of benzene rings is 1. The lowest BCUT2D eigenvalue weighted by Crippen LogP contribution is -2.55. The second kappa shape index (κ2) is 10.7. The summed E-state index contributed by atoms with van der Waals surface area (Å²) in [7, 11) is 0. The minimum atomic E-state index is -0.132. The van der Waals surface area contributed by atoms with E-state index in [9.17, 15) is 15.4 Å². The zero-order valence-corrected chi connectivity index (χ0v) is 16.4. The summed E-state index contributed by atoms with van der Waals surface area (Å²) < 4.78 is 5.33. The molecule has 152 valence electrons. The first-order valence-electron chi connectivity index (χ1n) is 8.59. The maximum Gasteiger partial charge on any atom is 0.418 e. The SMILES string of the molecule is N#Cc1c(NCCO)nc(SCc2ccc([NH+]=O)o2)c(C#N)c1-c1ccccc1.[OH-]. The van der Waals surface area contributed by atoms with Gasteiger partial charge in [-0.25, -0.2) is 4.98 Å². The zero-order valence-electron chi connectivity index (χ0n) is 15.6. The number of aliphatic hydroxyl groups excluding tert-OH is 1. The summed E-state index contributed by atoms with van der Waals surface area (Å²) in [5.74, 6) is 1.27. The highest BCUT2D eigenvalue weighted by Crippen LogP contribution is 2.37. The predicted octanol–water partition coefficient (Wildman–Crippen LogP) is 2.08. The van der Waals surface area contributed by atoms with Gasteiger partial charge in [-0.05, 0) is 11.6 Å². The van der Waals surface area contributed by atoms with Gasteiger partial charge in [-0.15, -0.1) is 0 Å². The number of nitrogens with zero attached hydrogens (tertiary/aromatic N) is 3. The van der Waals surface area contributed by atoms with Gasteiger partial charge in [0.25, 0.3) is 0 Å². The van der Waals surface area contributed by atoms with Gasteiger partial charge in [-0.2, -0.15) is 10.5 Å². The molecule has 0 fully saturated rings. The maximum absolute atomic E-state index is 10.7. The van der Waals surface area contributed by atoms with E-state index >= 15 is 0 Å². The lowest BCUT2D eigenvalue weighted by Gasteiger charge is -2.15. The van der Waals surface area contributed by atoms with Gasteiger partial charge in [0.1, 0.15) is 34.3 Å². The lowest BCUT2D eigenvalue weighted by atomic mass is 9.97. The van der Waals surface area contributed by atoms with Gasteiger partial charge in [0.2, 0.25) is 0 Å². The van der Waals surface area contributed by atoms with Crippen molar-refractivity contribution in [3.63, 3.8) is 0 Å². The van der Waals surface area contributed by atoms with Gasteiger partial charge < -0.3 is 20.3 Å². The van der Waals surface area contributed by atoms with Crippen LogP contribution in [-0.4, -0.2) is 28.7 Å². The molecule has 1 aromatic carbocycles. The van der Waals surface area contributed by atoms with Crippen molar-refractivity contribution >= 4 is 23.5 Å². The Morgan fingerprint density at radius 2 is 1.87 bits per heavy atom. The quantitative estimate of drug-likeness (QED) is 0.459. The molecule has 10 heteroatoms. The zero-order chi connectivity index (χ0) is 20.6. The molecule has 0 saturated heterocycles. The highest BCUT2D eigenvalue weighted by Gasteiger charge is 2.22. The second-order valence-electron chi connectivity index (χ2n) is 5.79. The lowest BCUT2D eigenvalue weighted by molar-refractivity contribution is -0.398. The van der Waals surface area contributed by atoms with E-state index in [1.807, 2.05) is 30.3 Å². The summed E-state index contributed by atoms with van der Waals surface area (Å²) in [6.07, 6.45) is 0. The van der Waals surface area contributed by atoms with Crippen molar-refractivity contribution in [3.05, 3.63) is 64.3 Å². The summed E-state index contributed by atoms with van der Waals surface area (Å²) in [4.78, 5) is 15.1. The second-order valence-corrected chi connectivity index (χ2v) is 6.75. The molecule has 2 heterocycles. The number of anilines is 1. The maximum atomic E-state index is 10.7. The number of nitrogens with one attached hydrogen (secondary N) is 2. The number of furan rings is 1. The third-order valence-electron chi connectivity index (χ3n) is 3.97. The molecular formula is C20H17N5O4S. The number of nitroso groups, excluding NO2 is 1. The number of nitriles is 2. The Morgan fingerprint density at radius 1 is 1.13 bits per heavy atom. The van der Waals surface area contributed by atoms with Crippen molar-refractivity contribution in [2.45, 2.75) is 10.8 Å². The minimum Gasteiger partial charge on any atom is -0.870 e. The molecule has 2 aromatic heterocycles. The number of rotatable bonds is 8. The van der Waals surface area contributed by atoms with Gasteiger partial charge in [-0.1, -0.05) is 42.1 Å². The molecule has 4 N–H and O–H groups in total. The summed E-state index contributed by atoms with van der Waals surface area (Å²) >= 11 is 1.26. The topological polar surface area (TPSA) is 167 Å². The first kappa shape index (κ1) is 22.6. The average Bonchev–Trinajstić information content (AvgIpc) is 3.24. The number of aliphatic hydroxyl groups is 1. The first-order chi connectivity index (χ1) is 14.2. The summed E-state index contributed by atoms with van der Waals surface area (Å²) in [5.41, 5.74) is 1.71. The van der Waals surface area contributed by atoms with E-state index in [0.717, 1.165) is 0 Å². The Balaban J connectivity index is 0.00000320. The Hall–Kier alpha value is -3.70. The van der Waals surface area contributed by atoms with Crippen molar-refractivity contribution < 1.29 is 20.2 Å². The van der Waals surface area contributed by atoms with E-state index in [1.54, 1.807) is 11.2 Å². The summed E-state index contributed by atoms with van der Waals surface area (Å²) in [5, 5.41) is 33.8. The third-order valence-corrected chi connectivity index (χ3v) is 4.97. The molecule has 3 aromatic rings. The molecule has 0 saturated carbocycles. The molecule has 0 aliphatic heterocycles. The minimum absolute atomic E-state index is 0. The van der Waals surface area contributed by atoms with Crippen LogP contribution in [0.3, 0.4) is 0 Å². The van der Waals surface area contributed by atoms with Crippen molar-refractivity contribution in [3.8, 4) is 23.3 Å². The van der Waals surface area contributed by atoms with Crippen LogP contribution in [0.1, 0.15) is 16.9 Å². The molecule has 0 unspecified atom stereocenters. The van der Waals surface area contributed by atoms with Crippen LogP contribution in [-0.2, 0) is 5.75 Å². The number of thioether (sulfide) groups is 1. The number of pyridine rings is 1. The van der Waals surface area contributed by atoms with Gasteiger partial charge in [0, 0.05) is 17.0 Å². The van der Waals surface area contributed by atoms with Crippen molar-refractivity contribution in [2.75, 3.05) is 18.5 Å². The van der Waals surface area contributed by atoms with E-state index in [2.05, 4.69) is 22.4 Å². The fourth-order valence-electron chi connectivity index (χ4n) is 2.73. The van der Waals surface area contributed by atoms with Gasteiger partial charge in [-0.3, -0.25) is 0 Å². The fraction of sp³-hybridized carbons (Fsp3) is 0.150. The molecule has 30 heavy (non-hydrogen) atoms. The molecule has 3 rings (SSSR count). The van der Waals surface area contributed by atoms with Crippen molar-refractivity contribution in [2.24, 2.45) is 0 Å². The molecule has 0 aliphatic carbocycles. The van der Waals surface area contributed by atoms with E-state index < -0.39 is 0 Å². The van der Waals surface area contributed by atoms with Crippen LogP contribution in [0, 0.1) is 27.6 Å². The van der Waals surface area contributed by atoms with Gasteiger partial charge in [0.15, 0.2) is 0 Å². The van der Waals surface area contributed by atoms with Gasteiger partial charge >= 0.3 is 5.88 Å². The van der Waals surface area contributed by atoms with Crippen LogP contribution >= 0.6 is 11.8 Å². The number of hydrogen-bond donors (Lipinski definition) is 3. The smallest absolute Gasteiger partial charge is 0.418 e. The normalized spacial score (nSPS) is 9.83. The van der Waals surface area contributed by atoms with Crippen molar-refractivity contribution in [1.29, 1.82) is 10.5 Å². The van der Waals surface area contributed by atoms with E-state index in [4.69, 9.17) is 9.52 Å². The van der Waals surface area contributed by atoms with Crippen LogP contribution in [0.5, 0.6) is 0 Å². The summed E-state index contributed by atoms with van der Waals surface area (Å²) in [6, 6.07) is 16.6. The van der Waals surface area contributed by atoms with E-state index in [1.165, 1.54) is 17.8 Å². The third kappa shape index (κ3) is 4.82. The van der Waals surface area contributed by atoms with Crippen LogP contribution in [0.4, 0.5) is 11.7 Å². The van der Waals surface area contributed by atoms with Crippen LogP contribution in [0.25, 0.3) is 11.1 Å². The molecule has 0 radical (unpaired) electrons. The van der Waals surface area contributed by atoms with E-state index in [0.29, 0.717) is 33.5 Å². The number of hydrogen-bond acceptors (Lipinski definition) is 9. The van der Waals surface area contributed by atoms with Crippen LogP contribution in [0.2, 0.25) is 0 Å². The van der Waals surface area contributed by atoms with E-state index in [-0.39, 0.29) is 35.6 Å². The monoisotopic (exact) mass is 423 g/mol. The molecule has 0 amide bonds. The largest absolute Gasteiger partial charge is 0.870 e. The van der Waals surface area contributed by atoms with Crippen molar-refractivity contribution in [1.82, 2.24) is 4.98 Å². The van der Waals surface area contributed by atoms with Crippen LogP contribution in [0.15, 0.2) is 51.9 Å². The highest BCUT2D eigenvalue weighted by atomic mass is 32.2. The Bertz CT molecular complexity index is 1100. The molecular weight excluding hydrogens is 406 g/mol. The fourth-order valence-corrected chi connectivity index (χ4v) is 3.61. The number of aromatic nitrogens is 1. The van der Waals surface area contributed by atoms with Crippen LogP contribution < -0.4 is 10.5 Å². The Kier molecular flexibility index (Phi) is 8.08. The Labute approximate surface area is 176 Å². The first-order valence-corrected chi connectivity index (χ1v) is 9.58. The Morgan fingerprint density at radius 3 is 2.47 bits per heavy atom. The average molecular weight is 423 g/mol. The predicted molar refractivity (Wildman–Crippen MR) is 109 cm³/mol. The molecule has 0 aliphatic rings. The molecule has 9 nitrogen and oxygen atoms in total.